The summed E-state index contributed by atoms with van der Waals surface area (Å²) in [4.78, 5) is 17.2. The van der Waals surface area contributed by atoms with Gasteiger partial charge in [-0.1, -0.05) is 6.07 Å². The van der Waals surface area contributed by atoms with E-state index in [1.54, 1.807) is 26.8 Å². The molecule has 3 rings (SSSR count). The van der Waals surface area contributed by atoms with Gasteiger partial charge in [-0.05, 0) is 44.5 Å². The fraction of sp³-hybridized carbons (Fsp3) is 0.550. The fourth-order valence-corrected chi connectivity index (χ4v) is 3.66. The molecule has 1 aromatic heterocycles. The molecule has 3 N–H and O–H groups in total. The summed E-state index contributed by atoms with van der Waals surface area (Å²) in [6.45, 7) is 10.7. The van der Waals surface area contributed by atoms with Gasteiger partial charge >= 0.3 is 13.2 Å². The zero-order valence-corrected chi connectivity index (χ0v) is 17.3. The van der Waals surface area contributed by atoms with E-state index < -0.39 is 18.8 Å². The monoisotopic (exact) mass is 403 g/mol. The van der Waals surface area contributed by atoms with Gasteiger partial charge in [-0.3, -0.25) is 14.4 Å². The lowest BCUT2D eigenvalue weighted by atomic mass is 9.86. The number of carbonyl (C=O) groups is 1. The number of nitrogens with zero attached hydrogens (tertiary/aromatic N) is 3. The van der Waals surface area contributed by atoms with Crippen LogP contribution in [-0.4, -0.2) is 87.7 Å². The number of hydrogen-bond acceptors (Lipinski definition) is 7. The maximum Gasteiger partial charge on any atom is 0.506 e. The molecule has 2 aromatic rings. The van der Waals surface area contributed by atoms with Gasteiger partial charge in [0, 0.05) is 44.7 Å². The number of rotatable bonds is 5. The van der Waals surface area contributed by atoms with Gasteiger partial charge in [0.2, 0.25) is 0 Å². The van der Waals surface area contributed by atoms with E-state index in [0.29, 0.717) is 12.1 Å². The van der Waals surface area contributed by atoms with Gasteiger partial charge in [-0.25, -0.2) is 4.79 Å². The molecule has 0 spiro atoms. The van der Waals surface area contributed by atoms with Gasteiger partial charge < -0.3 is 19.9 Å². The van der Waals surface area contributed by atoms with E-state index in [1.807, 2.05) is 18.2 Å². The Morgan fingerprint density at radius 3 is 2.34 bits per heavy atom. The minimum atomic E-state index is -1.78. The number of aliphatic hydroxyl groups excluding tert-OH is 1. The molecule has 1 aliphatic heterocycles. The van der Waals surface area contributed by atoms with Crippen LogP contribution in [0.1, 0.15) is 26.3 Å². The average molecular weight is 403 g/mol. The van der Waals surface area contributed by atoms with Crippen LogP contribution in [0.4, 0.5) is 4.79 Å². The second-order valence-corrected chi connectivity index (χ2v) is 8.49. The predicted molar refractivity (Wildman–Crippen MR) is 112 cm³/mol. The Hall–Kier alpha value is -1.91. The highest BCUT2D eigenvalue weighted by molar-refractivity contribution is 6.59. The van der Waals surface area contributed by atoms with Crippen molar-refractivity contribution < 1.29 is 24.7 Å². The van der Waals surface area contributed by atoms with Crippen LogP contribution in [-0.2, 0) is 11.3 Å². The van der Waals surface area contributed by atoms with Gasteiger partial charge in [-0.15, -0.1) is 0 Å². The fourth-order valence-electron chi connectivity index (χ4n) is 3.66. The lowest BCUT2D eigenvalue weighted by Crippen LogP contribution is -2.46. The van der Waals surface area contributed by atoms with Crippen LogP contribution in [0.3, 0.4) is 0 Å². The number of ether oxygens (including phenoxy) is 1. The van der Waals surface area contributed by atoms with Crippen LogP contribution in [0.5, 0.6) is 0 Å². The highest BCUT2D eigenvalue weighted by atomic mass is 16.6. The third kappa shape index (κ3) is 5.37. The third-order valence-electron chi connectivity index (χ3n) is 5.02. The third-order valence-corrected chi connectivity index (χ3v) is 5.02. The molecular weight excluding hydrogens is 373 g/mol. The first-order chi connectivity index (χ1) is 13.7. The number of aromatic nitrogens is 1. The minimum Gasteiger partial charge on any atom is -0.443 e. The molecule has 1 fully saturated rings. The first kappa shape index (κ1) is 21.8. The molecule has 158 valence electrons. The van der Waals surface area contributed by atoms with E-state index >= 15 is 0 Å². The molecule has 0 aliphatic carbocycles. The van der Waals surface area contributed by atoms with Gasteiger partial charge in [-0.2, -0.15) is 0 Å². The summed E-state index contributed by atoms with van der Waals surface area (Å²) >= 11 is 0. The number of benzene rings is 1. The van der Waals surface area contributed by atoms with Gasteiger partial charge in [0.1, 0.15) is 5.60 Å². The molecule has 1 saturated heterocycles. The van der Waals surface area contributed by atoms with E-state index in [9.17, 15) is 14.8 Å². The van der Waals surface area contributed by atoms with E-state index in [2.05, 4.69) is 9.80 Å². The van der Waals surface area contributed by atoms with E-state index in [1.165, 1.54) is 4.57 Å². The summed E-state index contributed by atoms with van der Waals surface area (Å²) in [6, 6.07) is 7.37. The second kappa shape index (κ2) is 8.85. The normalized spacial score (nSPS) is 16.3. The van der Waals surface area contributed by atoms with E-state index in [0.717, 1.165) is 43.7 Å². The van der Waals surface area contributed by atoms with Crippen molar-refractivity contribution in [1.82, 2.24) is 14.4 Å². The van der Waals surface area contributed by atoms with Crippen LogP contribution in [0.15, 0.2) is 24.3 Å². The van der Waals surface area contributed by atoms with Crippen LogP contribution in [0, 0.1) is 0 Å². The van der Waals surface area contributed by atoms with Crippen molar-refractivity contribution in [3.05, 3.63) is 29.8 Å². The largest absolute Gasteiger partial charge is 0.506 e. The zero-order chi connectivity index (χ0) is 21.2. The predicted octanol–water partition coefficient (Wildman–Crippen LogP) is 0.214. The summed E-state index contributed by atoms with van der Waals surface area (Å²) < 4.78 is 6.66. The van der Waals surface area contributed by atoms with Crippen molar-refractivity contribution in [1.29, 1.82) is 0 Å². The molecule has 1 aromatic carbocycles. The smallest absolute Gasteiger partial charge is 0.443 e. The summed E-state index contributed by atoms with van der Waals surface area (Å²) in [5, 5.41) is 29.3. The Kier molecular flexibility index (Phi) is 6.65. The SMILES string of the molecule is CC(C)(C)OC(=O)n1c(B(O)O)cc2cc(CN3CCN(CCO)CC3)ccc21. The summed E-state index contributed by atoms with van der Waals surface area (Å²) in [5.41, 5.74) is 1.07. The number of piperazine rings is 1. The number of fused-ring (bicyclic) bond motifs is 1. The Labute approximate surface area is 171 Å². The van der Waals surface area contributed by atoms with Gasteiger partial charge in [0.25, 0.3) is 0 Å². The Bertz CT molecular complexity index is 854. The van der Waals surface area contributed by atoms with Gasteiger partial charge in [0.15, 0.2) is 0 Å². The summed E-state index contributed by atoms with van der Waals surface area (Å²) in [7, 11) is -1.78. The Morgan fingerprint density at radius 1 is 1.10 bits per heavy atom. The molecule has 0 radical (unpaired) electrons. The molecule has 29 heavy (non-hydrogen) atoms. The second-order valence-electron chi connectivity index (χ2n) is 8.49. The molecule has 0 unspecified atom stereocenters. The van der Waals surface area contributed by atoms with Crippen molar-refractivity contribution in [2.24, 2.45) is 0 Å². The number of β-amino-alcohol motifs (C(OH)–C–C–N with tert-alkyl or cyclic N) is 1. The van der Waals surface area contributed by atoms with Crippen LogP contribution in [0.25, 0.3) is 10.9 Å². The molecule has 8 nitrogen and oxygen atoms in total. The van der Waals surface area contributed by atoms with Crippen LogP contribution >= 0.6 is 0 Å². The highest BCUT2D eigenvalue weighted by Crippen LogP contribution is 2.20. The topological polar surface area (TPSA) is 98.4 Å². The lowest BCUT2D eigenvalue weighted by Gasteiger charge is -2.34. The number of hydrogen-bond donors (Lipinski definition) is 3. The van der Waals surface area contributed by atoms with Crippen molar-refractivity contribution in [3.63, 3.8) is 0 Å². The molecule has 9 heteroatoms. The molecular formula is C20H30BN3O5. The van der Waals surface area contributed by atoms with Crippen LogP contribution in [0.2, 0.25) is 0 Å². The molecule has 0 bridgehead atoms. The van der Waals surface area contributed by atoms with E-state index in [4.69, 9.17) is 9.84 Å². The minimum absolute atomic E-state index is 0.0871. The standard InChI is InChI=1S/C20H30BN3O5/c1-20(2,3)29-19(26)24-17-5-4-15(12-16(17)13-18(24)21(27)28)14-23-8-6-22(7-9-23)10-11-25/h4-5,12-13,25,27-28H,6-11,14H2,1-3H3. The Balaban J connectivity index is 1.81. The van der Waals surface area contributed by atoms with Crippen LogP contribution < -0.4 is 5.59 Å². The molecule has 1 aliphatic rings. The van der Waals surface area contributed by atoms with Crippen molar-refractivity contribution >= 4 is 29.7 Å². The molecule has 2 heterocycles. The van der Waals surface area contributed by atoms with E-state index in [-0.39, 0.29) is 12.2 Å². The molecule has 0 amide bonds. The molecule has 0 saturated carbocycles. The molecule has 0 atom stereocenters. The van der Waals surface area contributed by atoms with Crippen molar-refractivity contribution in [2.45, 2.75) is 32.9 Å². The highest BCUT2D eigenvalue weighted by Gasteiger charge is 2.27. The number of aliphatic hydroxyl groups is 1. The maximum absolute atomic E-state index is 12.6. The zero-order valence-electron chi connectivity index (χ0n) is 17.3. The first-order valence-electron chi connectivity index (χ1n) is 9.97. The van der Waals surface area contributed by atoms with Gasteiger partial charge in [0.05, 0.1) is 17.7 Å². The average Bonchev–Trinajstić information content (AvgIpc) is 3.01. The first-order valence-corrected chi connectivity index (χ1v) is 9.97. The number of carbonyl (C=O) groups excluding carboxylic acids is 1. The summed E-state index contributed by atoms with van der Waals surface area (Å²) in [6.07, 6.45) is -0.636. The lowest BCUT2D eigenvalue weighted by molar-refractivity contribution is 0.0547. The van der Waals surface area contributed by atoms with Crippen molar-refractivity contribution in [3.8, 4) is 0 Å². The summed E-state index contributed by atoms with van der Waals surface area (Å²) in [5.74, 6) is 0. The Morgan fingerprint density at radius 2 is 1.76 bits per heavy atom. The maximum atomic E-state index is 12.6. The van der Waals surface area contributed by atoms with Crippen molar-refractivity contribution in [2.75, 3.05) is 39.3 Å². The quantitative estimate of drug-likeness (QED) is 0.615.